The molecule has 0 aromatic rings. The number of unbranched alkanes of at least 4 members (excludes halogenated alkanes) is 1. The molecule has 0 aliphatic carbocycles. The first-order chi connectivity index (χ1) is 5.16. The molecule has 0 unspecified atom stereocenters. The minimum Gasteiger partial charge on any atom is -0.309 e. The van der Waals surface area contributed by atoms with Crippen molar-refractivity contribution in [3.63, 3.8) is 0 Å². The second kappa shape index (κ2) is 6.10. The molecule has 0 bridgehead atoms. The molecule has 0 aliphatic rings. The summed E-state index contributed by atoms with van der Waals surface area (Å²) in [5.74, 6) is 0.156. The zero-order valence-electron chi connectivity index (χ0n) is 7.47. The Morgan fingerprint density at radius 2 is 2.09 bits per heavy atom. The molecular weight excluding hydrogens is 138 g/mol. The Labute approximate surface area is 68.9 Å². The van der Waals surface area contributed by atoms with Crippen LogP contribution in [0.1, 0.15) is 19.3 Å². The van der Waals surface area contributed by atoms with Crippen LogP contribution < -0.4 is 0 Å². The van der Waals surface area contributed by atoms with Gasteiger partial charge in [0.2, 0.25) is 0 Å². The van der Waals surface area contributed by atoms with Gasteiger partial charge in [-0.3, -0.25) is 4.79 Å². The highest BCUT2D eigenvalue weighted by Gasteiger charge is 1.95. The van der Waals surface area contributed by atoms with Crippen molar-refractivity contribution >= 4 is 5.78 Å². The van der Waals surface area contributed by atoms with Crippen LogP contribution in [-0.2, 0) is 4.79 Å². The summed E-state index contributed by atoms with van der Waals surface area (Å²) in [7, 11) is 4.07. The smallest absolute Gasteiger partial charge is 0.155 e. The third-order valence-corrected chi connectivity index (χ3v) is 1.51. The molecular formula is C9H17NO. The number of hydrogen-bond acceptors (Lipinski definition) is 2. The molecule has 0 spiro atoms. The van der Waals surface area contributed by atoms with E-state index < -0.39 is 0 Å². The highest BCUT2D eigenvalue weighted by atomic mass is 16.1. The van der Waals surface area contributed by atoms with E-state index in [1.54, 1.807) is 0 Å². The molecule has 0 aliphatic heterocycles. The summed E-state index contributed by atoms with van der Waals surface area (Å²) in [6, 6.07) is 0. The molecule has 0 radical (unpaired) electrons. The Bertz CT molecular complexity index is 130. The Hall–Kier alpha value is -0.630. The van der Waals surface area contributed by atoms with Crippen molar-refractivity contribution in [3.05, 3.63) is 12.7 Å². The summed E-state index contributed by atoms with van der Waals surface area (Å²) < 4.78 is 0. The molecule has 2 nitrogen and oxygen atoms in total. The normalized spacial score (nSPS) is 10.1. The van der Waals surface area contributed by atoms with Gasteiger partial charge in [-0.25, -0.2) is 0 Å². The van der Waals surface area contributed by atoms with E-state index in [1.165, 1.54) is 6.08 Å². The second-order valence-corrected chi connectivity index (χ2v) is 2.93. The van der Waals surface area contributed by atoms with Crippen molar-refractivity contribution in [2.24, 2.45) is 0 Å². The summed E-state index contributed by atoms with van der Waals surface area (Å²) in [6.45, 7) is 4.47. The van der Waals surface area contributed by atoms with Crippen molar-refractivity contribution < 1.29 is 4.79 Å². The Morgan fingerprint density at radius 1 is 1.45 bits per heavy atom. The Kier molecular flexibility index (Phi) is 5.75. The van der Waals surface area contributed by atoms with Crippen molar-refractivity contribution in [3.8, 4) is 0 Å². The lowest BCUT2D eigenvalue weighted by molar-refractivity contribution is -0.114. The van der Waals surface area contributed by atoms with E-state index in [9.17, 15) is 4.79 Å². The molecule has 0 amide bonds. The average Bonchev–Trinajstić information content (AvgIpc) is 1.97. The van der Waals surface area contributed by atoms with Gasteiger partial charge in [0.15, 0.2) is 5.78 Å². The minimum atomic E-state index is 0.156. The van der Waals surface area contributed by atoms with Crippen LogP contribution in [0.5, 0.6) is 0 Å². The molecule has 0 rings (SSSR count). The fraction of sp³-hybridized carbons (Fsp3) is 0.667. The molecule has 0 atom stereocenters. The fourth-order valence-electron chi connectivity index (χ4n) is 0.829. The third kappa shape index (κ3) is 7.26. The minimum absolute atomic E-state index is 0.156. The lowest BCUT2D eigenvalue weighted by Gasteiger charge is -2.07. The molecule has 0 N–H and O–H groups in total. The number of allylic oxidation sites excluding steroid dienone is 1. The molecule has 0 aromatic carbocycles. The van der Waals surface area contributed by atoms with Gasteiger partial charge in [0.05, 0.1) is 0 Å². The van der Waals surface area contributed by atoms with E-state index in [0.717, 1.165) is 19.4 Å². The van der Waals surface area contributed by atoms with Crippen molar-refractivity contribution in [1.29, 1.82) is 0 Å². The largest absolute Gasteiger partial charge is 0.309 e. The zero-order chi connectivity index (χ0) is 8.69. The van der Waals surface area contributed by atoms with Crippen molar-refractivity contribution in [1.82, 2.24) is 4.90 Å². The Morgan fingerprint density at radius 3 is 2.55 bits per heavy atom. The highest BCUT2D eigenvalue weighted by Crippen LogP contribution is 1.97. The predicted molar refractivity (Wildman–Crippen MR) is 47.6 cm³/mol. The van der Waals surface area contributed by atoms with Gasteiger partial charge >= 0.3 is 0 Å². The van der Waals surface area contributed by atoms with Crippen LogP contribution >= 0.6 is 0 Å². The van der Waals surface area contributed by atoms with Gasteiger partial charge in [0.25, 0.3) is 0 Å². The van der Waals surface area contributed by atoms with Gasteiger partial charge in [-0.1, -0.05) is 6.58 Å². The van der Waals surface area contributed by atoms with Crippen LogP contribution in [-0.4, -0.2) is 31.3 Å². The quantitative estimate of drug-likeness (QED) is 0.427. The summed E-state index contributed by atoms with van der Waals surface area (Å²) >= 11 is 0. The van der Waals surface area contributed by atoms with E-state index >= 15 is 0 Å². The lowest BCUT2D eigenvalue weighted by atomic mass is 10.2. The first kappa shape index (κ1) is 10.4. The molecule has 0 heterocycles. The summed E-state index contributed by atoms with van der Waals surface area (Å²) in [4.78, 5) is 12.8. The van der Waals surface area contributed by atoms with Crippen LogP contribution in [0, 0.1) is 0 Å². The van der Waals surface area contributed by atoms with Crippen LogP contribution in [0.3, 0.4) is 0 Å². The van der Waals surface area contributed by atoms with Crippen LogP contribution in [0.25, 0.3) is 0 Å². The third-order valence-electron chi connectivity index (χ3n) is 1.51. The topological polar surface area (TPSA) is 20.3 Å². The maximum absolute atomic E-state index is 10.7. The van der Waals surface area contributed by atoms with E-state index in [1.807, 2.05) is 14.1 Å². The van der Waals surface area contributed by atoms with Gasteiger partial charge in [0, 0.05) is 6.42 Å². The van der Waals surface area contributed by atoms with Gasteiger partial charge < -0.3 is 4.90 Å². The van der Waals surface area contributed by atoms with Crippen molar-refractivity contribution in [2.45, 2.75) is 19.3 Å². The molecule has 0 saturated carbocycles. The number of hydrogen-bond donors (Lipinski definition) is 0. The number of carbonyl (C=O) groups excluding carboxylic acids is 1. The highest BCUT2D eigenvalue weighted by molar-refractivity contribution is 5.88. The molecule has 2 heteroatoms. The number of nitrogens with zero attached hydrogens (tertiary/aromatic N) is 1. The molecule has 11 heavy (non-hydrogen) atoms. The summed E-state index contributed by atoms with van der Waals surface area (Å²) in [5.41, 5.74) is 0. The number of ketones is 1. The standard InChI is InChI=1S/C9H17NO/c1-4-9(11)7-5-6-8-10(2)3/h4H,1,5-8H2,2-3H3. The van der Waals surface area contributed by atoms with E-state index in [4.69, 9.17) is 0 Å². The van der Waals surface area contributed by atoms with Crippen LogP contribution in [0.4, 0.5) is 0 Å². The molecule has 0 fully saturated rings. The van der Waals surface area contributed by atoms with Crippen LogP contribution in [0.2, 0.25) is 0 Å². The maximum Gasteiger partial charge on any atom is 0.155 e. The SMILES string of the molecule is C=CC(=O)CCCCN(C)C. The average molecular weight is 155 g/mol. The van der Waals surface area contributed by atoms with Gasteiger partial charge in [-0.15, -0.1) is 0 Å². The van der Waals surface area contributed by atoms with Crippen molar-refractivity contribution in [2.75, 3.05) is 20.6 Å². The van der Waals surface area contributed by atoms with Crippen LogP contribution in [0.15, 0.2) is 12.7 Å². The van der Waals surface area contributed by atoms with E-state index in [0.29, 0.717) is 6.42 Å². The summed E-state index contributed by atoms with van der Waals surface area (Å²) in [5, 5.41) is 0. The second-order valence-electron chi connectivity index (χ2n) is 2.93. The monoisotopic (exact) mass is 155 g/mol. The zero-order valence-corrected chi connectivity index (χ0v) is 7.47. The lowest BCUT2D eigenvalue weighted by Crippen LogP contribution is -2.12. The maximum atomic E-state index is 10.7. The van der Waals surface area contributed by atoms with E-state index in [-0.39, 0.29) is 5.78 Å². The molecule has 0 saturated heterocycles. The molecule has 64 valence electrons. The number of rotatable bonds is 6. The Balaban J connectivity index is 3.14. The molecule has 0 aromatic heterocycles. The summed E-state index contributed by atoms with van der Waals surface area (Å²) in [6.07, 6.45) is 4.11. The van der Waals surface area contributed by atoms with E-state index in [2.05, 4.69) is 11.5 Å². The van der Waals surface area contributed by atoms with Gasteiger partial charge in [0.1, 0.15) is 0 Å². The fourth-order valence-corrected chi connectivity index (χ4v) is 0.829. The first-order valence-corrected chi connectivity index (χ1v) is 3.97. The first-order valence-electron chi connectivity index (χ1n) is 3.97. The van der Waals surface area contributed by atoms with Gasteiger partial charge in [-0.2, -0.15) is 0 Å². The van der Waals surface area contributed by atoms with Gasteiger partial charge in [-0.05, 0) is 39.6 Å². The predicted octanol–water partition coefficient (Wildman–Crippen LogP) is 1.47. The number of carbonyl (C=O) groups is 1.